The molecule has 1 saturated heterocycles. The maximum Gasteiger partial charge on any atom is 0.264 e. The molecule has 2 aliphatic rings. The zero-order chi connectivity index (χ0) is 15.4. The van der Waals surface area contributed by atoms with Crippen LogP contribution in [-0.4, -0.2) is 44.5 Å². The lowest BCUT2D eigenvalue weighted by Gasteiger charge is -2.27. The van der Waals surface area contributed by atoms with Crippen molar-refractivity contribution in [3.05, 3.63) is 29.6 Å². The third kappa shape index (κ3) is 1.54. The standard InChI is InChI=1S/C14H10N4O4/c19-9-4-3-8(12(20)17-9)18-13(21)6-1-2-7-11(16-5-15-7)10(6)14(18)22/h1-2,5,8H,3-4H2,(H,15,16)(H,17,19,20). The molecule has 110 valence electrons. The van der Waals surface area contributed by atoms with Crippen LogP contribution in [0.15, 0.2) is 18.5 Å². The molecule has 8 heteroatoms. The van der Waals surface area contributed by atoms with E-state index >= 15 is 0 Å². The lowest BCUT2D eigenvalue weighted by atomic mass is 10.0. The van der Waals surface area contributed by atoms with Gasteiger partial charge in [0.1, 0.15) is 11.6 Å². The first-order valence-electron chi connectivity index (χ1n) is 6.75. The molecule has 4 rings (SSSR count). The van der Waals surface area contributed by atoms with Gasteiger partial charge in [-0.25, -0.2) is 4.98 Å². The number of hydrogen-bond acceptors (Lipinski definition) is 5. The van der Waals surface area contributed by atoms with E-state index in [1.165, 1.54) is 6.33 Å². The molecule has 0 saturated carbocycles. The SMILES string of the molecule is O=C1CCC(N2C(=O)c3ccc4[nH]cnc4c3C2=O)C(=O)N1. The Bertz CT molecular complexity index is 869. The average molecular weight is 298 g/mol. The number of H-pyrrole nitrogens is 1. The second-order valence-electron chi connectivity index (χ2n) is 5.23. The Labute approximate surface area is 123 Å². The van der Waals surface area contributed by atoms with E-state index in [2.05, 4.69) is 15.3 Å². The molecule has 1 atom stereocenters. The highest BCUT2D eigenvalue weighted by Crippen LogP contribution is 2.31. The number of benzene rings is 1. The molecule has 2 N–H and O–H groups in total. The molecule has 22 heavy (non-hydrogen) atoms. The number of nitrogens with one attached hydrogen (secondary N) is 2. The highest BCUT2D eigenvalue weighted by atomic mass is 16.2. The quantitative estimate of drug-likeness (QED) is 0.718. The van der Waals surface area contributed by atoms with E-state index in [1.807, 2.05) is 0 Å². The number of piperidine rings is 1. The van der Waals surface area contributed by atoms with Gasteiger partial charge < -0.3 is 4.98 Å². The summed E-state index contributed by atoms with van der Waals surface area (Å²) < 4.78 is 0. The molecule has 3 heterocycles. The van der Waals surface area contributed by atoms with E-state index in [4.69, 9.17) is 0 Å². The number of carbonyl (C=O) groups excluding carboxylic acids is 4. The largest absolute Gasteiger partial charge is 0.345 e. The summed E-state index contributed by atoms with van der Waals surface area (Å²) in [5.41, 5.74) is 1.48. The van der Waals surface area contributed by atoms with Crippen LogP contribution in [0.3, 0.4) is 0 Å². The van der Waals surface area contributed by atoms with E-state index in [1.54, 1.807) is 12.1 Å². The molecule has 1 aromatic heterocycles. The van der Waals surface area contributed by atoms with Gasteiger partial charge in [0.15, 0.2) is 0 Å². The molecule has 0 radical (unpaired) electrons. The van der Waals surface area contributed by atoms with Gasteiger partial charge in [-0.2, -0.15) is 0 Å². The number of aromatic amines is 1. The number of rotatable bonds is 1. The Morgan fingerprint density at radius 3 is 2.73 bits per heavy atom. The van der Waals surface area contributed by atoms with Crippen molar-refractivity contribution in [3.63, 3.8) is 0 Å². The minimum Gasteiger partial charge on any atom is -0.345 e. The van der Waals surface area contributed by atoms with Crippen molar-refractivity contribution in [3.8, 4) is 0 Å². The molecule has 2 aromatic rings. The predicted molar refractivity (Wildman–Crippen MR) is 72.8 cm³/mol. The van der Waals surface area contributed by atoms with Crippen molar-refractivity contribution in [1.82, 2.24) is 20.2 Å². The summed E-state index contributed by atoms with van der Waals surface area (Å²) in [5, 5.41) is 2.16. The number of fused-ring (bicyclic) bond motifs is 3. The van der Waals surface area contributed by atoms with Gasteiger partial charge in [-0.15, -0.1) is 0 Å². The minimum atomic E-state index is -0.959. The molecule has 1 aromatic carbocycles. The van der Waals surface area contributed by atoms with Gasteiger partial charge >= 0.3 is 0 Å². The summed E-state index contributed by atoms with van der Waals surface area (Å²) in [5.74, 6) is -2.09. The second-order valence-corrected chi connectivity index (χ2v) is 5.23. The normalized spacial score (nSPS) is 21.5. The molecule has 0 spiro atoms. The Hall–Kier alpha value is -3.03. The molecule has 8 nitrogen and oxygen atoms in total. The van der Waals surface area contributed by atoms with Crippen molar-refractivity contribution < 1.29 is 19.2 Å². The summed E-state index contributed by atoms with van der Waals surface area (Å²) in [6.45, 7) is 0. The maximum absolute atomic E-state index is 12.6. The van der Waals surface area contributed by atoms with Gasteiger partial charge in [-0.3, -0.25) is 29.4 Å². The van der Waals surface area contributed by atoms with Crippen molar-refractivity contribution in [1.29, 1.82) is 0 Å². The average Bonchev–Trinajstić information content (AvgIpc) is 3.04. The third-order valence-corrected chi connectivity index (χ3v) is 4.00. The third-order valence-electron chi connectivity index (χ3n) is 4.00. The van der Waals surface area contributed by atoms with E-state index in [-0.39, 0.29) is 24.0 Å². The molecule has 2 aliphatic heterocycles. The topological polar surface area (TPSA) is 112 Å². The molecule has 0 bridgehead atoms. The monoisotopic (exact) mass is 298 g/mol. The fourth-order valence-corrected chi connectivity index (χ4v) is 2.96. The van der Waals surface area contributed by atoms with Gasteiger partial charge in [0.25, 0.3) is 11.8 Å². The molecule has 1 unspecified atom stereocenters. The van der Waals surface area contributed by atoms with E-state index < -0.39 is 29.7 Å². The number of amides is 4. The number of imidazole rings is 1. The zero-order valence-corrected chi connectivity index (χ0v) is 11.3. The van der Waals surface area contributed by atoms with Crippen molar-refractivity contribution >= 4 is 34.7 Å². The van der Waals surface area contributed by atoms with Crippen LogP contribution in [-0.2, 0) is 9.59 Å². The van der Waals surface area contributed by atoms with Crippen LogP contribution in [0, 0.1) is 0 Å². The van der Waals surface area contributed by atoms with Crippen molar-refractivity contribution in [2.24, 2.45) is 0 Å². The van der Waals surface area contributed by atoms with Crippen molar-refractivity contribution in [2.45, 2.75) is 18.9 Å². The number of imide groups is 2. The Balaban J connectivity index is 1.81. The maximum atomic E-state index is 12.6. The van der Waals surface area contributed by atoms with Crippen molar-refractivity contribution in [2.75, 3.05) is 0 Å². The summed E-state index contributed by atoms with van der Waals surface area (Å²) in [6, 6.07) is 2.25. The fraction of sp³-hybridized carbons (Fsp3) is 0.214. The Morgan fingerprint density at radius 2 is 1.95 bits per heavy atom. The highest BCUT2D eigenvalue weighted by molar-refractivity contribution is 6.27. The van der Waals surface area contributed by atoms with Gasteiger partial charge in [-0.05, 0) is 18.6 Å². The molecule has 1 fully saturated rings. The summed E-state index contributed by atoms with van der Waals surface area (Å²) in [6.07, 6.45) is 1.68. The van der Waals surface area contributed by atoms with Gasteiger partial charge in [0, 0.05) is 6.42 Å². The fourth-order valence-electron chi connectivity index (χ4n) is 2.96. The van der Waals surface area contributed by atoms with E-state index in [0.29, 0.717) is 11.0 Å². The number of carbonyl (C=O) groups is 4. The number of aromatic nitrogens is 2. The smallest absolute Gasteiger partial charge is 0.264 e. The summed E-state index contributed by atoms with van der Waals surface area (Å²) in [7, 11) is 0. The van der Waals surface area contributed by atoms with Gasteiger partial charge in [-0.1, -0.05) is 0 Å². The van der Waals surface area contributed by atoms with Crippen LogP contribution in [0.25, 0.3) is 11.0 Å². The van der Waals surface area contributed by atoms with Gasteiger partial charge in [0.2, 0.25) is 11.8 Å². The van der Waals surface area contributed by atoms with Crippen LogP contribution >= 0.6 is 0 Å². The minimum absolute atomic E-state index is 0.0988. The summed E-state index contributed by atoms with van der Waals surface area (Å²) in [4.78, 5) is 56.2. The number of hydrogen-bond donors (Lipinski definition) is 2. The van der Waals surface area contributed by atoms with Crippen LogP contribution < -0.4 is 5.32 Å². The van der Waals surface area contributed by atoms with Crippen LogP contribution in [0.2, 0.25) is 0 Å². The first kappa shape index (κ1) is 12.7. The van der Waals surface area contributed by atoms with Crippen LogP contribution in [0.1, 0.15) is 33.6 Å². The number of nitrogens with zero attached hydrogens (tertiary/aromatic N) is 2. The van der Waals surface area contributed by atoms with E-state index in [9.17, 15) is 19.2 Å². The second kappa shape index (κ2) is 4.23. The molecule has 4 amide bonds. The Kier molecular flexibility index (Phi) is 2.44. The predicted octanol–water partition coefficient (Wildman–Crippen LogP) is -0.0359. The first-order chi connectivity index (χ1) is 10.6. The zero-order valence-electron chi connectivity index (χ0n) is 11.3. The van der Waals surface area contributed by atoms with E-state index in [0.717, 1.165) is 4.90 Å². The summed E-state index contributed by atoms with van der Waals surface area (Å²) >= 11 is 0. The lowest BCUT2D eigenvalue weighted by Crippen LogP contribution is -2.54. The molecular weight excluding hydrogens is 288 g/mol. The van der Waals surface area contributed by atoms with Crippen LogP contribution in [0.5, 0.6) is 0 Å². The first-order valence-corrected chi connectivity index (χ1v) is 6.75. The molecular formula is C14H10N4O4. The lowest BCUT2D eigenvalue weighted by molar-refractivity contribution is -0.136. The van der Waals surface area contributed by atoms with Crippen LogP contribution in [0.4, 0.5) is 0 Å². The van der Waals surface area contributed by atoms with Gasteiger partial charge in [0.05, 0.1) is 23.0 Å². The highest BCUT2D eigenvalue weighted by Gasteiger charge is 2.45. The molecule has 0 aliphatic carbocycles. The Morgan fingerprint density at radius 1 is 1.14 bits per heavy atom.